The standard InChI is InChI=1S/C22H28BN2O5/c1-21(2,27)22(3,4)30-23-17-8-7-9-18(15(17)12-24)25-14-10-19(28-5)16(13-26)20(11-14)29-6/h7-13,24-25,27H,1-6H3. The van der Waals surface area contributed by atoms with E-state index in [9.17, 15) is 9.90 Å². The Bertz CT molecular complexity index is 897. The Morgan fingerprint density at radius 2 is 1.67 bits per heavy atom. The second kappa shape index (κ2) is 9.32. The molecular formula is C22H28BN2O5. The van der Waals surface area contributed by atoms with Gasteiger partial charge < -0.3 is 30.0 Å². The molecule has 0 aromatic heterocycles. The molecule has 0 saturated carbocycles. The van der Waals surface area contributed by atoms with E-state index in [2.05, 4.69) is 5.32 Å². The highest BCUT2D eigenvalue weighted by atomic mass is 16.5. The Morgan fingerprint density at radius 3 is 2.13 bits per heavy atom. The summed E-state index contributed by atoms with van der Waals surface area (Å²) in [6.45, 7) is 6.95. The van der Waals surface area contributed by atoms with Gasteiger partial charge in [0.25, 0.3) is 0 Å². The average molecular weight is 411 g/mol. The van der Waals surface area contributed by atoms with Crippen LogP contribution in [0.4, 0.5) is 11.4 Å². The summed E-state index contributed by atoms with van der Waals surface area (Å²) in [6.07, 6.45) is 1.91. The van der Waals surface area contributed by atoms with Gasteiger partial charge in [0.15, 0.2) is 6.29 Å². The lowest BCUT2D eigenvalue weighted by Gasteiger charge is -2.37. The van der Waals surface area contributed by atoms with E-state index < -0.39 is 11.2 Å². The first kappa shape index (κ1) is 23.4. The van der Waals surface area contributed by atoms with Gasteiger partial charge in [0, 0.05) is 35.3 Å². The first-order chi connectivity index (χ1) is 14.1. The lowest BCUT2D eigenvalue weighted by Crippen LogP contribution is -2.49. The fourth-order valence-corrected chi connectivity index (χ4v) is 2.59. The van der Waals surface area contributed by atoms with Gasteiger partial charge in [-0.25, -0.2) is 0 Å². The number of methoxy groups -OCH3 is 2. The molecule has 159 valence electrons. The van der Waals surface area contributed by atoms with Crippen molar-refractivity contribution in [2.24, 2.45) is 0 Å². The number of hydrogen-bond donors (Lipinski definition) is 3. The van der Waals surface area contributed by atoms with E-state index in [1.807, 2.05) is 18.2 Å². The van der Waals surface area contributed by atoms with Crippen LogP contribution >= 0.6 is 0 Å². The maximum atomic E-state index is 11.4. The van der Waals surface area contributed by atoms with Gasteiger partial charge in [-0.15, -0.1) is 0 Å². The van der Waals surface area contributed by atoms with Gasteiger partial charge in [-0.1, -0.05) is 12.1 Å². The zero-order valence-electron chi connectivity index (χ0n) is 18.2. The molecule has 0 saturated heterocycles. The monoisotopic (exact) mass is 411 g/mol. The molecule has 0 heterocycles. The number of carbonyl (C=O) groups is 1. The maximum absolute atomic E-state index is 11.4. The largest absolute Gasteiger partial charge is 0.496 e. The van der Waals surface area contributed by atoms with E-state index in [0.717, 1.165) is 0 Å². The third-order valence-corrected chi connectivity index (χ3v) is 5.18. The number of carbonyl (C=O) groups excluding carboxylic acids is 1. The highest BCUT2D eigenvalue weighted by molar-refractivity contribution is 6.49. The fourth-order valence-electron chi connectivity index (χ4n) is 2.59. The number of anilines is 2. The van der Waals surface area contributed by atoms with Crippen molar-refractivity contribution in [2.45, 2.75) is 38.9 Å². The highest BCUT2D eigenvalue weighted by Gasteiger charge is 2.35. The van der Waals surface area contributed by atoms with Gasteiger partial charge in [0.2, 0.25) is 0 Å². The van der Waals surface area contributed by atoms with E-state index in [1.54, 1.807) is 47.3 Å². The summed E-state index contributed by atoms with van der Waals surface area (Å²) >= 11 is 0. The van der Waals surface area contributed by atoms with E-state index >= 15 is 0 Å². The molecular weight excluding hydrogens is 383 g/mol. The molecule has 2 rings (SSSR count). The molecule has 0 aliphatic carbocycles. The molecule has 2 aromatic carbocycles. The van der Waals surface area contributed by atoms with Crippen LogP contribution in [-0.2, 0) is 4.65 Å². The van der Waals surface area contributed by atoms with Crippen molar-refractivity contribution >= 4 is 36.8 Å². The summed E-state index contributed by atoms with van der Waals surface area (Å²) in [7, 11) is 4.50. The Labute approximate surface area is 178 Å². The van der Waals surface area contributed by atoms with Crippen LogP contribution in [0.15, 0.2) is 30.3 Å². The number of aldehydes is 1. The molecule has 0 fully saturated rings. The smallest absolute Gasteiger partial charge is 0.331 e. The first-order valence-corrected chi connectivity index (χ1v) is 9.43. The summed E-state index contributed by atoms with van der Waals surface area (Å²) in [5.41, 5.74) is 0.997. The molecule has 0 amide bonds. The third-order valence-electron chi connectivity index (χ3n) is 5.18. The Morgan fingerprint density at radius 1 is 1.07 bits per heavy atom. The molecule has 0 aliphatic rings. The molecule has 30 heavy (non-hydrogen) atoms. The Balaban J connectivity index is 2.37. The number of nitrogens with one attached hydrogen (secondary N) is 2. The molecule has 3 N–H and O–H groups in total. The second-order valence-corrected chi connectivity index (χ2v) is 7.80. The molecule has 2 aromatic rings. The second-order valence-electron chi connectivity index (χ2n) is 7.80. The SMILES string of the molecule is COc1cc(Nc2cccc([B]OC(C)(C)C(C)(C)O)c2C=N)cc(OC)c1C=O. The van der Waals surface area contributed by atoms with E-state index in [1.165, 1.54) is 20.4 Å². The van der Waals surface area contributed by atoms with E-state index in [-0.39, 0.29) is 0 Å². The number of rotatable bonds is 10. The van der Waals surface area contributed by atoms with Crippen LogP contribution < -0.4 is 20.3 Å². The third kappa shape index (κ3) is 5.01. The Kier molecular flexibility index (Phi) is 7.28. The minimum absolute atomic E-state index is 0.321. The molecule has 0 spiro atoms. The van der Waals surface area contributed by atoms with Crippen LogP contribution in [0.25, 0.3) is 0 Å². The van der Waals surface area contributed by atoms with Crippen molar-refractivity contribution in [1.29, 1.82) is 5.41 Å². The maximum Gasteiger partial charge on any atom is 0.331 e. The van der Waals surface area contributed by atoms with Gasteiger partial charge in [-0.3, -0.25) is 4.79 Å². The Hall–Kier alpha value is -2.84. The average Bonchev–Trinajstić information content (AvgIpc) is 2.70. The summed E-state index contributed by atoms with van der Waals surface area (Å²) in [5.74, 6) is 0.752. The summed E-state index contributed by atoms with van der Waals surface area (Å²) < 4.78 is 16.4. The van der Waals surface area contributed by atoms with Crippen LogP contribution in [0.2, 0.25) is 0 Å². The predicted octanol–water partition coefficient (Wildman–Crippen LogP) is 3.07. The van der Waals surface area contributed by atoms with Crippen molar-refractivity contribution < 1.29 is 24.0 Å². The highest BCUT2D eigenvalue weighted by Crippen LogP contribution is 2.33. The minimum atomic E-state index is -1.06. The normalized spacial score (nSPS) is 11.6. The van der Waals surface area contributed by atoms with E-state index in [0.29, 0.717) is 45.7 Å². The minimum Gasteiger partial charge on any atom is -0.496 e. The summed E-state index contributed by atoms with van der Waals surface area (Å²) in [4.78, 5) is 11.4. The predicted molar refractivity (Wildman–Crippen MR) is 119 cm³/mol. The number of hydrogen-bond acceptors (Lipinski definition) is 7. The molecule has 0 aliphatic heterocycles. The van der Waals surface area contributed by atoms with Crippen LogP contribution in [0, 0.1) is 5.41 Å². The van der Waals surface area contributed by atoms with Crippen molar-refractivity contribution in [3.8, 4) is 11.5 Å². The molecule has 0 bridgehead atoms. The molecule has 8 heteroatoms. The number of benzene rings is 2. The summed E-state index contributed by atoms with van der Waals surface area (Å²) in [5, 5.41) is 21.4. The fraction of sp³-hybridized carbons (Fsp3) is 0.364. The van der Waals surface area contributed by atoms with Gasteiger partial charge >= 0.3 is 7.48 Å². The molecule has 1 radical (unpaired) electrons. The lowest BCUT2D eigenvalue weighted by molar-refractivity contribution is -0.0893. The first-order valence-electron chi connectivity index (χ1n) is 9.43. The van der Waals surface area contributed by atoms with Crippen LogP contribution in [0.1, 0.15) is 43.6 Å². The molecule has 0 unspecified atom stereocenters. The number of aliphatic hydroxyl groups is 1. The van der Waals surface area contributed by atoms with Crippen LogP contribution in [-0.4, -0.2) is 50.5 Å². The zero-order valence-corrected chi connectivity index (χ0v) is 18.2. The van der Waals surface area contributed by atoms with Crippen molar-refractivity contribution in [2.75, 3.05) is 19.5 Å². The quantitative estimate of drug-likeness (QED) is 0.316. The van der Waals surface area contributed by atoms with Crippen LogP contribution in [0.3, 0.4) is 0 Å². The molecule has 0 atom stereocenters. The van der Waals surface area contributed by atoms with Gasteiger partial charge in [0.05, 0.1) is 31.0 Å². The van der Waals surface area contributed by atoms with Gasteiger partial charge in [-0.2, -0.15) is 0 Å². The van der Waals surface area contributed by atoms with Crippen molar-refractivity contribution in [3.05, 3.63) is 41.5 Å². The van der Waals surface area contributed by atoms with Crippen molar-refractivity contribution in [3.63, 3.8) is 0 Å². The topological polar surface area (TPSA) is 101 Å². The van der Waals surface area contributed by atoms with Gasteiger partial charge in [0.1, 0.15) is 11.5 Å². The lowest BCUT2D eigenvalue weighted by atomic mass is 9.80. The molecule has 7 nitrogen and oxygen atoms in total. The van der Waals surface area contributed by atoms with Crippen molar-refractivity contribution in [1.82, 2.24) is 0 Å². The van der Waals surface area contributed by atoms with Crippen LogP contribution in [0.5, 0.6) is 11.5 Å². The summed E-state index contributed by atoms with van der Waals surface area (Å²) in [6, 6.07) is 8.85. The number of ether oxygens (including phenoxy) is 2. The van der Waals surface area contributed by atoms with E-state index in [4.69, 9.17) is 19.5 Å². The van der Waals surface area contributed by atoms with Gasteiger partial charge in [-0.05, 0) is 39.2 Å². The zero-order chi connectivity index (χ0) is 22.5.